The van der Waals surface area contributed by atoms with Gasteiger partial charge in [0, 0.05) is 0 Å². The van der Waals surface area contributed by atoms with E-state index in [0.29, 0.717) is 25.7 Å². The number of nitrogens with one attached hydrogen (secondary N) is 2. The lowest BCUT2D eigenvalue weighted by Gasteiger charge is -2.50. The molecule has 0 radical (unpaired) electrons. The summed E-state index contributed by atoms with van der Waals surface area (Å²) in [6.45, 7) is 11.7. The van der Waals surface area contributed by atoms with E-state index in [0.717, 1.165) is 12.8 Å². The van der Waals surface area contributed by atoms with Crippen LogP contribution in [0.15, 0.2) is 0 Å². The fourth-order valence-corrected chi connectivity index (χ4v) is 4.36. The third-order valence-corrected chi connectivity index (χ3v) is 6.00. The molecule has 0 saturated heterocycles. The average Bonchev–Trinajstić information content (AvgIpc) is 2.42. The predicted octanol–water partition coefficient (Wildman–Crippen LogP) is 1.88. The standard InChI is InChI=1S/C20H36N2O4/c1-17(2,3)15(19(25)9-7-10-19)21-13(23)14(24)22-16(18(4,5)6)20(26)11-8-12-20/h15-16,25-26H,7-12H2,1-6H3,(H,21,23)(H,22,24). The lowest BCUT2D eigenvalue weighted by Crippen LogP contribution is -2.66. The van der Waals surface area contributed by atoms with Crippen molar-refractivity contribution >= 4 is 11.8 Å². The van der Waals surface area contributed by atoms with Crippen LogP contribution in [0, 0.1) is 10.8 Å². The first kappa shape index (κ1) is 21.2. The summed E-state index contributed by atoms with van der Waals surface area (Å²) in [6, 6.07) is -0.997. The number of carbonyl (C=O) groups excluding carboxylic acids is 2. The van der Waals surface area contributed by atoms with E-state index >= 15 is 0 Å². The summed E-state index contributed by atoms with van der Waals surface area (Å²) in [4.78, 5) is 25.1. The second-order valence-corrected chi connectivity index (χ2v) is 10.5. The Hall–Kier alpha value is -1.14. The van der Waals surface area contributed by atoms with Gasteiger partial charge in [0.05, 0.1) is 23.3 Å². The second-order valence-electron chi connectivity index (χ2n) is 10.5. The highest BCUT2D eigenvalue weighted by atomic mass is 16.3. The van der Waals surface area contributed by atoms with Gasteiger partial charge in [0.1, 0.15) is 0 Å². The Kier molecular flexibility index (Phi) is 5.52. The third kappa shape index (κ3) is 4.22. The molecule has 0 aromatic rings. The van der Waals surface area contributed by atoms with Crippen LogP contribution in [-0.4, -0.2) is 45.3 Å². The maximum Gasteiger partial charge on any atom is 0.309 e. The topological polar surface area (TPSA) is 98.7 Å². The molecule has 2 amide bonds. The molecule has 6 nitrogen and oxygen atoms in total. The van der Waals surface area contributed by atoms with Gasteiger partial charge in [-0.15, -0.1) is 0 Å². The first-order valence-corrected chi connectivity index (χ1v) is 9.75. The molecular weight excluding hydrogens is 332 g/mol. The molecule has 0 spiro atoms. The summed E-state index contributed by atoms with van der Waals surface area (Å²) in [6.07, 6.45) is 4.35. The van der Waals surface area contributed by atoms with Crippen molar-refractivity contribution < 1.29 is 19.8 Å². The number of amides is 2. The molecule has 0 bridgehead atoms. The van der Waals surface area contributed by atoms with Crippen molar-refractivity contribution in [2.24, 2.45) is 10.8 Å². The van der Waals surface area contributed by atoms with Crippen LogP contribution in [0.1, 0.15) is 80.1 Å². The van der Waals surface area contributed by atoms with E-state index in [2.05, 4.69) is 10.6 Å². The van der Waals surface area contributed by atoms with E-state index in [9.17, 15) is 19.8 Å². The first-order valence-electron chi connectivity index (χ1n) is 9.75. The minimum Gasteiger partial charge on any atom is -0.388 e. The first-order chi connectivity index (χ1) is 11.7. The van der Waals surface area contributed by atoms with Crippen LogP contribution in [0.4, 0.5) is 0 Å². The van der Waals surface area contributed by atoms with Gasteiger partial charge in [-0.05, 0) is 49.4 Å². The van der Waals surface area contributed by atoms with Crippen LogP contribution in [0.3, 0.4) is 0 Å². The molecule has 4 N–H and O–H groups in total. The van der Waals surface area contributed by atoms with E-state index in [1.165, 1.54) is 0 Å². The summed E-state index contributed by atoms with van der Waals surface area (Å²) in [5.41, 5.74) is -2.66. The van der Waals surface area contributed by atoms with Gasteiger partial charge in [0.15, 0.2) is 0 Å². The van der Waals surface area contributed by atoms with Crippen molar-refractivity contribution in [3.05, 3.63) is 0 Å². The molecule has 6 heteroatoms. The lowest BCUT2D eigenvalue weighted by atomic mass is 9.66. The van der Waals surface area contributed by atoms with Crippen LogP contribution < -0.4 is 10.6 Å². The normalized spacial score (nSPS) is 23.8. The van der Waals surface area contributed by atoms with E-state index in [4.69, 9.17) is 0 Å². The molecule has 2 atom stereocenters. The Bertz CT molecular complexity index is 501. The molecule has 2 saturated carbocycles. The number of hydrogen-bond donors (Lipinski definition) is 4. The largest absolute Gasteiger partial charge is 0.388 e. The smallest absolute Gasteiger partial charge is 0.309 e. The van der Waals surface area contributed by atoms with Crippen LogP contribution in [0.2, 0.25) is 0 Å². The van der Waals surface area contributed by atoms with Crippen LogP contribution in [0.25, 0.3) is 0 Å². The Morgan fingerprint density at radius 1 is 0.731 bits per heavy atom. The van der Waals surface area contributed by atoms with Crippen molar-refractivity contribution in [2.75, 3.05) is 0 Å². The highest BCUT2D eigenvalue weighted by molar-refractivity contribution is 6.35. The number of carbonyl (C=O) groups is 2. The van der Waals surface area contributed by atoms with Gasteiger partial charge in [-0.1, -0.05) is 41.5 Å². The summed E-state index contributed by atoms with van der Waals surface area (Å²) in [5.74, 6) is -1.50. The zero-order valence-electron chi connectivity index (χ0n) is 17.1. The van der Waals surface area contributed by atoms with Crippen molar-refractivity contribution in [1.29, 1.82) is 0 Å². The van der Waals surface area contributed by atoms with E-state index in [1.54, 1.807) is 0 Å². The Morgan fingerprint density at radius 3 is 1.15 bits per heavy atom. The molecule has 2 aliphatic carbocycles. The summed E-state index contributed by atoms with van der Waals surface area (Å²) < 4.78 is 0. The van der Waals surface area contributed by atoms with Gasteiger partial charge in [-0.2, -0.15) is 0 Å². The van der Waals surface area contributed by atoms with E-state index < -0.39 is 35.1 Å². The minimum absolute atomic E-state index is 0.374. The summed E-state index contributed by atoms with van der Waals surface area (Å²) >= 11 is 0. The summed E-state index contributed by atoms with van der Waals surface area (Å²) in [5, 5.41) is 27.0. The second kappa shape index (κ2) is 6.79. The molecule has 2 fully saturated rings. The molecule has 0 aliphatic heterocycles. The molecular formula is C20H36N2O4. The van der Waals surface area contributed by atoms with Crippen molar-refractivity contribution in [2.45, 2.75) is 103 Å². The monoisotopic (exact) mass is 368 g/mol. The maximum atomic E-state index is 12.6. The van der Waals surface area contributed by atoms with Crippen LogP contribution in [0.5, 0.6) is 0 Å². The van der Waals surface area contributed by atoms with E-state index in [1.807, 2.05) is 41.5 Å². The lowest BCUT2D eigenvalue weighted by molar-refractivity contribution is -0.149. The summed E-state index contributed by atoms with van der Waals surface area (Å²) in [7, 11) is 0. The SMILES string of the molecule is CC(C)(C)C(NC(=O)C(=O)NC(C(C)(C)C)C1(O)CCC1)C1(O)CCC1. The third-order valence-electron chi connectivity index (χ3n) is 6.00. The van der Waals surface area contributed by atoms with Crippen molar-refractivity contribution in [3.8, 4) is 0 Å². The molecule has 0 aromatic carbocycles. The molecule has 26 heavy (non-hydrogen) atoms. The maximum absolute atomic E-state index is 12.6. The Balaban J connectivity index is 2.09. The van der Waals surface area contributed by atoms with Gasteiger partial charge < -0.3 is 20.8 Å². The van der Waals surface area contributed by atoms with Crippen molar-refractivity contribution in [1.82, 2.24) is 10.6 Å². The van der Waals surface area contributed by atoms with Crippen molar-refractivity contribution in [3.63, 3.8) is 0 Å². The van der Waals surface area contributed by atoms with Gasteiger partial charge in [-0.3, -0.25) is 9.59 Å². The fraction of sp³-hybridized carbons (Fsp3) is 0.900. The minimum atomic E-state index is -0.955. The van der Waals surface area contributed by atoms with Gasteiger partial charge in [0.25, 0.3) is 0 Å². The molecule has 0 aromatic heterocycles. The Labute approximate surface area is 157 Å². The molecule has 2 rings (SSSR count). The van der Waals surface area contributed by atoms with Gasteiger partial charge >= 0.3 is 11.8 Å². The van der Waals surface area contributed by atoms with Gasteiger partial charge in [0.2, 0.25) is 0 Å². The van der Waals surface area contributed by atoms with E-state index in [-0.39, 0.29) is 10.8 Å². The molecule has 150 valence electrons. The van der Waals surface area contributed by atoms with Gasteiger partial charge in [-0.25, -0.2) is 0 Å². The fourth-order valence-electron chi connectivity index (χ4n) is 4.36. The molecule has 0 heterocycles. The highest BCUT2D eigenvalue weighted by Crippen LogP contribution is 2.42. The van der Waals surface area contributed by atoms with Crippen LogP contribution >= 0.6 is 0 Å². The zero-order chi connectivity index (χ0) is 20.0. The number of aliphatic hydroxyl groups is 2. The average molecular weight is 369 g/mol. The molecule has 2 aliphatic rings. The highest BCUT2D eigenvalue weighted by Gasteiger charge is 2.50. The Morgan fingerprint density at radius 2 is 1.00 bits per heavy atom. The number of hydrogen-bond acceptors (Lipinski definition) is 4. The predicted molar refractivity (Wildman–Crippen MR) is 100 cm³/mol. The molecule has 2 unspecified atom stereocenters. The quantitative estimate of drug-likeness (QED) is 0.569. The van der Waals surface area contributed by atoms with Crippen LogP contribution in [-0.2, 0) is 9.59 Å². The number of rotatable bonds is 4. The zero-order valence-corrected chi connectivity index (χ0v) is 17.1.